The molecule has 122 valence electrons. The van der Waals surface area contributed by atoms with Crippen molar-refractivity contribution in [3.63, 3.8) is 0 Å². The van der Waals surface area contributed by atoms with E-state index in [1.165, 1.54) is 26.5 Å². The maximum atomic E-state index is 3.62. The molecule has 5 rings (SSSR count). The Hall–Kier alpha value is -1.25. The standard InChI is InChI=1S/C17H15BrN4S2/c18-22-10-21-16(20-22)7-12-6-13-14(11-4-2-1-3-5-11)8-23-17(13)24-9-15(12)19-21/h1-8,15,19-20H,9-10H2. The molecular formula is C17H15BrN4S2. The number of thiophene rings is 1. The van der Waals surface area contributed by atoms with Gasteiger partial charge in [0.2, 0.25) is 0 Å². The molecule has 0 bridgehead atoms. The normalized spacial score (nSPS) is 22.7. The lowest BCUT2D eigenvalue weighted by Gasteiger charge is -2.31. The molecule has 4 nitrogen and oxygen atoms in total. The first-order valence-electron chi connectivity index (χ1n) is 7.74. The van der Waals surface area contributed by atoms with Crippen LogP contribution >= 0.6 is 39.2 Å². The summed E-state index contributed by atoms with van der Waals surface area (Å²) in [5.41, 5.74) is 12.2. The van der Waals surface area contributed by atoms with E-state index in [1.807, 2.05) is 27.1 Å². The van der Waals surface area contributed by atoms with E-state index in [9.17, 15) is 0 Å². The van der Waals surface area contributed by atoms with Gasteiger partial charge in [-0.25, -0.2) is 5.43 Å². The third-order valence-electron chi connectivity index (χ3n) is 4.38. The van der Waals surface area contributed by atoms with Crippen LogP contribution in [0.3, 0.4) is 0 Å². The summed E-state index contributed by atoms with van der Waals surface area (Å²) in [7, 11) is 0. The van der Waals surface area contributed by atoms with Crippen LogP contribution in [0, 0.1) is 0 Å². The van der Waals surface area contributed by atoms with Gasteiger partial charge in [-0.2, -0.15) is 0 Å². The first-order chi connectivity index (χ1) is 11.8. The van der Waals surface area contributed by atoms with Crippen LogP contribution in [0.4, 0.5) is 0 Å². The molecule has 24 heavy (non-hydrogen) atoms. The quantitative estimate of drug-likeness (QED) is 0.682. The summed E-state index contributed by atoms with van der Waals surface area (Å²) in [6.07, 6.45) is 4.61. The minimum Gasteiger partial charge on any atom is -0.292 e. The monoisotopic (exact) mass is 418 g/mol. The molecular weight excluding hydrogens is 404 g/mol. The Morgan fingerprint density at radius 3 is 2.92 bits per heavy atom. The second kappa shape index (κ2) is 5.93. The number of hydrazine groups is 2. The summed E-state index contributed by atoms with van der Waals surface area (Å²) in [4.78, 5) is 0. The lowest BCUT2D eigenvalue weighted by molar-refractivity contribution is 0.228. The van der Waals surface area contributed by atoms with Crippen LogP contribution in [-0.4, -0.2) is 27.5 Å². The van der Waals surface area contributed by atoms with E-state index < -0.39 is 0 Å². The molecule has 0 saturated carbocycles. The van der Waals surface area contributed by atoms with Gasteiger partial charge in [-0.3, -0.25) is 10.4 Å². The molecule has 1 saturated heterocycles. The van der Waals surface area contributed by atoms with Gasteiger partial charge in [-0.15, -0.1) is 27.1 Å². The van der Waals surface area contributed by atoms with Crippen molar-refractivity contribution in [2.75, 3.05) is 12.4 Å². The van der Waals surface area contributed by atoms with Gasteiger partial charge in [-0.1, -0.05) is 30.3 Å². The number of benzene rings is 1. The van der Waals surface area contributed by atoms with E-state index in [-0.39, 0.29) is 0 Å². The Morgan fingerprint density at radius 1 is 1.17 bits per heavy atom. The van der Waals surface area contributed by atoms with E-state index in [0.29, 0.717) is 6.04 Å². The number of nitrogens with one attached hydrogen (secondary N) is 2. The highest BCUT2D eigenvalue weighted by Gasteiger charge is 2.32. The highest BCUT2D eigenvalue weighted by Crippen LogP contribution is 2.43. The Bertz CT molecular complexity index is 846. The first kappa shape index (κ1) is 15.0. The van der Waals surface area contributed by atoms with Crippen LogP contribution in [0.25, 0.3) is 17.2 Å². The predicted octanol–water partition coefficient (Wildman–Crippen LogP) is 4.02. The van der Waals surface area contributed by atoms with Crippen LogP contribution in [0.2, 0.25) is 0 Å². The van der Waals surface area contributed by atoms with Gasteiger partial charge in [-0.05, 0) is 23.3 Å². The van der Waals surface area contributed by atoms with Crippen molar-refractivity contribution in [3.8, 4) is 11.1 Å². The SMILES string of the molecule is BrN1CN2NC3CSc4scc(-c5ccccc5)c4C=C3C=C2N1. The van der Waals surface area contributed by atoms with Crippen molar-refractivity contribution in [3.05, 3.63) is 58.7 Å². The van der Waals surface area contributed by atoms with Gasteiger partial charge in [0.1, 0.15) is 12.5 Å². The molecule has 1 atom stereocenters. The summed E-state index contributed by atoms with van der Waals surface area (Å²) in [6, 6.07) is 11.0. The highest BCUT2D eigenvalue weighted by atomic mass is 79.9. The van der Waals surface area contributed by atoms with Crippen molar-refractivity contribution in [1.82, 2.24) is 19.9 Å². The number of hydrogen-bond acceptors (Lipinski definition) is 6. The third kappa shape index (κ3) is 2.51. The molecule has 3 aliphatic rings. The van der Waals surface area contributed by atoms with Crippen LogP contribution in [-0.2, 0) is 0 Å². The fourth-order valence-corrected chi connectivity index (χ4v) is 5.92. The molecule has 3 aliphatic heterocycles. The highest BCUT2D eigenvalue weighted by molar-refractivity contribution is 9.07. The van der Waals surface area contributed by atoms with Crippen LogP contribution < -0.4 is 10.9 Å². The lowest BCUT2D eigenvalue weighted by Crippen LogP contribution is -2.47. The lowest BCUT2D eigenvalue weighted by atomic mass is 10.00. The smallest absolute Gasteiger partial charge is 0.133 e. The van der Waals surface area contributed by atoms with E-state index in [0.717, 1.165) is 18.2 Å². The van der Waals surface area contributed by atoms with E-state index in [4.69, 9.17) is 0 Å². The zero-order chi connectivity index (χ0) is 16.1. The van der Waals surface area contributed by atoms with Crippen LogP contribution in [0.15, 0.2) is 57.4 Å². The number of hydrogen-bond donors (Lipinski definition) is 2. The fourth-order valence-electron chi connectivity index (χ4n) is 3.20. The summed E-state index contributed by atoms with van der Waals surface area (Å²) >= 11 is 7.28. The number of nitrogens with zero attached hydrogens (tertiary/aromatic N) is 2. The molecule has 1 aromatic carbocycles. The maximum Gasteiger partial charge on any atom is 0.133 e. The van der Waals surface area contributed by atoms with Crippen molar-refractivity contribution in [2.45, 2.75) is 10.3 Å². The predicted molar refractivity (Wildman–Crippen MR) is 104 cm³/mol. The zero-order valence-electron chi connectivity index (χ0n) is 12.7. The molecule has 2 aromatic rings. The number of fused-ring (bicyclic) bond motifs is 3. The summed E-state index contributed by atoms with van der Waals surface area (Å²) in [5, 5.41) is 4.43. The van der Waals surface area contributed by atoms with Gasteiger partial charge in [0, 0.05) is 38.4 Å². The number of halogens is 1. The zero-order valence-corrected chi connectivity index (χ0v) is 15.9. The molecule has 1 fully saturated rings. The molecule has 4 heterocycles. The number of rotatable bonds is 1. The Balaban J connectivity index is 1.60. The molecule has 1 aromatic heterocycles. The van der Waals surface area contributed by atoms with Crippen molar-refractivity contribution >= 4 is 45.3 Å². The second-order valence-corrected chi connectivity index (χ2v) is 8.95. The average molecular weight is 419 g/mol. The van der Waals surface area contributed by atoms with Crippen LogP contribution in [0.5, 0.6) is 0 Å². The molecule has 1 unspecified atom stereocenters. The largest absolute Gasteiger partial charge is 0.292 e. The summed E-state index contributed by atoms with van der Waals surface area (Å²) in [6.45, 7) is 0.775. The molecule has 7 heteroatoms. The van der Waals surface area contributed by atoms with Gasteiger partial charge >= 0.3 is 0 Å². The van der Waals surface area contributed by atoms with E-state index in [2.05, 4.69) is 79.9 Å². The van der Waals surface area contributed by atoms with E-state index in [1.54, 1.807) is 0 Å². The fraction of sp³-hybridized carbons (Fsp3) is 0.176. The molecule has 2 N–H and O–H groups in total. The van der Waals surface area contributed by atoms with Crippen molar-refractivity contribution < 1.29 is 0 Å². The third-order valence-corrected chi connectivity index (χ3v) is 7.19. The summed E-state index contributed by atoms with van der Waals surface area (Å²) < 4.78 is 3.31. The van der Waals surface area contributed by atoms with Crippen molar-refractivity contribution in [2.24, 2.45) is 0 Å². The molecule has 0 amide bonds. The minimum atomic E-state index is 0.336. The average Bonchev–Trinajstić information content (AvgIpc) is 3.11. The minimum absolute atomic E-state index is 0.336. The van der Waals surface area contributed by atoms with Gasteiger partial charge < -0.3 is 0 Å². The second-order valence-electron chi connectivity index (χ2n) is 5.93. The first-order valence-corrected chi connectivity index (χ1v) is 10.3. The van der Waals surface area contributed by atoms with Gasteiger partial charge in [0.15, 0.2) is 0 Å². The molecule has 0 aliphatic carbocycles. The van der Waals surface area contributed by atoms with E-state index >= 15 is 0 Å². The van der Waals surface area contributed by atoms with Gasteiger partial charge in [0.05, 0.1) is 10.3 Å². The molecule has 0 spiro atoms. The Labute approximate surface area is 157 Å². The topological polar surface area (TPSA) is 30.5 Å². The van der Waals surface area contributed by atoms with Gasteiger partial charge in [0.25, 0.3) is 0 Å². The Morgan fingerprint density at radius 2 is 2.04 bits per heavy atom. The Kier molecular flexibility index (Phi) is 3.71. The number of thioether (sulfide) groups is 1. The van der Waals surface area contributed by atoms with Crippen molar-refractivity contribution in [1.29, 1.82) is 0 Å². The maximum absolute atomic E-state index is 3.62. The summed E-state index contributed by atoms with van der Waals surface area (Å²) in [5.74, 6) is 2.12. The molecule has 0 radical (unpaired) electrons. The van der Waals surface area contributed by atoms with Crippen LogP contribution in [0.1, 0.15) is 5.56 Å².